The Kier molecular flexibility index (Phi) is 4.69. The number of anilines is 2. The summed E-state index contributed by atoms with van der Waals surface area (Å²) in [6.45, 7) is 0.147. The number of rotatable bonds is 5. The Morgan fingerprint density at radius 2 is 1.76 bits per heavy atom. The molecule has 2 aromatic carbocycles. The van der Waals surface area contributed by atoms with Gasteiger partial charge in [0.1, 0.15) is 5.82 Å². The van der Waals surface area contributed by atoms with Crippen LogP contribution in [-0.4, -0.2) is 14.7 Å². The summed E-state index contributed by atoms with van der Waals surface area (Å²) < 4.78 is 38.7. The minimum Gasteiger partial charge on any atom is -0.379 e. The number of nitrogens with one attached hydrogen (secondary N) is 2. The van der Waals surface area contributed by atoms with Gasteiger partial charge in [-0.1, -0.05) is 29.8 Å². The summed E-state index contributed by atoms with van der Waals surface area (Å²) in [6.07, 6.45) is 1.07. The number of hydrogen-bond acceptors (Lipinski definition) is 3. The van der Waals surface area contributed by atoms with Crippen molar-refractivity contribution < 1.29 is 12.8 Å². The smallest absolute Gasteiger partial charge is 0.229 e. The molecular formula is C14H14ClFN2O2S. The fourth-order valence-electron chi connectivity index (χ4n) is 1.81. The third-order valence-corrected chi connectivity index (χ3v) is 3.68. The highest BCUT2D eigenvalue weighted by Gasteiger charge is 2.09. The second kappa shape index (κ2) is 6.32. The highest BCUT2D eigenvalue weighted by atomic mass is 35.5. The molecule has 2 rings (SSSR count). The van der Waals surface area contributed by atoms with Crippen LogP contribution in [0.25, 0.3) is 0 Å². The monoisotopic (exact) mass is 328 g/mol. The van der Waals surface area contributed by atoms with Gasteiger partial charge in [0.15, 0.2) is 0 Å². The molecule has 0 aliphatic carbocycles. The van der Waals surface area contributed by atoms with E-state index in [0.717, 1.165) is 6.26 Å². The molecule has 0 fully saturated rings. The van der Waals surface area contributed by atoms with Gasteiger partial charge in [0.25, 0.3) is 0 Å². The van der Waals surface area contributed by atoms with Gasteiger partial charge in [-0.05, 0) is 24.3 Å². The minimum atomic E-state index is -3.39. The summed E-state index contributed by atoms with van der Waals surface area (Å²) in [5.74, 6) is -0.413. The molecule has 0 saturated heterocycles. The van der Waals surface area contributed by atoms with E-state index in [-0.39, 0.29) is 6.54 Å². The molecule has 112 valence electrons. The van der Waals surface area contributed by atoms with E-state index in [1.165, 1.54) is 12.1 Å². The summed E-state index contributed by atoms with van der Waals surface area (Å²) in [5.41, 5.74) is 1.27. The first-order chi connectivity index (χ1) is 9.87. The predicted molar refractivity (Wildman–Crippen MR) is 83.6 cm³/mol. The molecule has 0 amide bonds. The lowest BCUT2D eigenvalue weighted by atomic mass is 10.2. The van der Waals surface area contributed by atoms with E-state index in [1.54, 1.807) is 30.3 Å². The van der Waals surface area contributed by atoms with Crippen LogP contribution in [0, 0.1) is 5.82 Å². The summed E-state index contributed by atoms with van der Waals surface area (Å²) >= 11 is 5.95. The summed E-state index contributed by atoms with van der Waals surface area (Å²) in [5, 5.41) is 3.30. The van der Waals surface area contributed by atoms with E-state index >= 15 is 0 Å². The van der Waals surface area contributed by atoms with E-state index < -0.39 is 15.8 Å². The zero-order valence-corrected chi connectivity index (χ0v) is 12.8. The van der Waals surface area contributed by atoms with Crippen LogP contribution in [0.2, 0.25) is 5.02 Å². The third kappa shape index (κ3) is 4.34. The zero-order valence-electron chi connectivity index (χ0n) is 11.2. The van der Waals surface area contributed by atoms with Gasteiger partial charge in [-0.15, -0.1) is 0 Å². The van der Waals surface area contributed by atoms with E-state index in [4.69, 9.17) is 11.6 Å². The second-order valence-corrected chi connectivity index (χ2v) is 6.63. The Labute approximate surface area is 128 Å². The molecule has 0 aliphatic heterocycles. The van der Waals surface area contributed by atoms with E-state index in [1.807, 2.05) is 0 Å². The molecule has 2 N–H and O–H groups in total. The van der Waals surface area contributed by atoms with Gasteiger partial charge in [-0.25, -0.2) is 12.8 Å². The van der Waals surface area contributed by atoms with Crippen LogP contribution in [0.5, 0.6) is 0 Å². The maximum atomic E-state index is 13.7. The SMILES string of the molecule is CS(=O)(=O)Nc1ccccc1NCc1c(F)cccc1Cl. The minimum absolute atomic E-state index is 0.147. The van der Waals surface area contributed by atoms with E-state index in [9.17, 15) is 12.8 Å². The lowest BCUT2D eigenvalue weighted by Crippen LogP contribution is -2.12. The van der Waals surface area contributed by atoms with Crippen LogP contribution in [0.1, 0.15) is 5.56 Å². The van der Waals surface area contributed by atoms with Crippen molar-refractivity contribution in [3.8, 4) is 0 Å². The van der Waals surface area contributed by atoms with Gasteiger partial charge in [-0.2, -0.15) is 0 Å². The van der Waals surface area contributed by atoms with Crippen molar-refractivity contribution in [2.24, 2.45) is 0 Å². The summed E-state index contributed by atoms with van der Waals surface area (Å²) in [7, 11) is -3.39. The second-order valence-electron chi connectivity index (χ2n) is 4.47. The fraction of sp³-hybridized carbons (Fsp3) is 0.143. The number of hydrogen-bond donors (Lipinski definition) is 2. The molecule has 0 spiro atoms. The van der Waals surface area contributed by atoms with Crippen molar-refractivity contribution in [1.82, 2.24) is 0 Å². The highest BCUT2D eigenvalue weighted by Crippen LogP contribution is 2.25. The standard InChI is InChI=1S/C14H14ClFN2O2S/c1-21(19,20)18-14-8-3-2-7-13(14)17-9-10-11(15)5-4-6-12(10)16/h2-8,17-18H,9H2,1H3. The normalized spacial score (nSPS) is 11.2. The Hall–Kier alpha value is -1.79. The molecular weight excluding hydrogens is 315 g/mol. The molecule has 0 bridgehead atoms. The number of halogens is 2. The number of para-hydroxylation sites is 2. The van der Waals surface area contributed by atoms with Crippen molar-refractivity contribution in [1.29, 1.82) is 0 Å². The lowest BCUT2D eigenvalue weighted by molar-refractivity contribution is 0.606. The van der Waals surface area contributed by atoms with Gasteiger partial charge in [0.2, 0.25) is 10.0 Å². The maximum Gasteiger partial charge on any atom is 0.229 e. The Morgan fingerprint density at radius 1 is 1.10 bits per heavy atom. The zero-order chi connectivity index (χ0) is 15.5. The Balaban J connectivity index is 2.21. The van der Waals surface area contributed by atoms with Crippen molar-refractivity contribution >= 4 is 33.0 Å². The van der Waals surface area contributed by atoms with Crippen LogP contribution >= 0.6 is 11.6 Å². The van der Waals surface area contributed by atoms with Crippen LogP contribution in [0.15, 0.2) is 42.5 Å². The lowest BCUT2D eigenvalue weighted by Gasteiger charge is -2.13. The van der Waals surface area contributed by atoms with Gasteiger partial charge in [0.05, 0.1) is 17.6 Å². The Bertz CT molecular complexity index is 730. The maximum absolute atomic E-state index is 13.7. The summed E-state index contributed by atoms with van der Waals surface area (Å²) in [4.78, 5) is 0. The van der Waals surface area contributed by atoms with Gasteiger partial charge in [0, 0.05) is 17.1 Å². The molecule has 2 aromatic rings. The molecule has 21 heavy (non-hydrogen) atoms. The van der Waals surface area contributed by atoms with Crippen LogP contribution in [-0.2, 0) is 16.6 Å². The molecule has 0 aromatic heterocycles. The first-order valence-electron chi connectivity index (χ1n) is 6.10. The quantitative estimate of drug-likeness (QED) is 0.883. The molecule has 0 atom stereocenters. The van der Waals surface area contributed by atoms with Crippen molar-refractivity contribution in [3.05, 3.63) is 58.9 Å². The largest absolute Gasteiger partial charge is 0.379 e. The topological polar surface area (TPSA) is 58.2 Å². The molecule has 7 heteroatoms. The predicted octanol–water partition coefficient (Wildman–Crippen LogP) is 3.46. The number of benzene rings is 2. The molecule has 0 unspecified atom stereocenters. The fourth-order valence-corrected chi connectivity index (χ4v) is 2.62. The van der Waals surface area contributed by atoms with Gasteiger partial charge >= 0.3 is 0 Å². The van der Waals surface area contributed by atoms with Gasteiger partial charge in [-0.3, -0.25) is 4.72 Å². The van der Waals surface area contributed by atoms with E-state index in [2.05, 4.69) is 10.0 Å². The van der Waals surface area contributed by atoms with Crippen molar-refractivity contribution in [3.63, 3.8) is 0 Å². The molecule has 4 nitrogen and oxygen atoms in total. The first kappa shape index (κ1) is 15.6. The molecule has 0 radical (unpaired) electrons. The van der Waals surface area contributed by atoms with E-state index in [0.29, 0.717) is 22.0 Å². The van der Waals surface area contributed by atoms with Crippen LogP contribution in [0.4, 0.5) is 15.8 Å². The van der Waals surface area contributed by atoms with Crippen molar-refractivity contribution in [2.75, 3.05) is 16.3 Å². The molecule has 0 saturated carbocycles. The van der Waals surface area contributed by atoms with Gasteiger partial charge < -0.3 is 5.32 Å². The average Bonchev–Trinajstić information content (AvgIpc) is 2.38. The molecule has 0 heterocycles. The number of sulfonamides is 1. The summed E-state index contributed by atoms with van der Waals surface area (Å²) in [6, 6.07) is 11.2. The molecule has 0 aliphatic rings. The van der Waals surface area contributed by atoms with Crippen molar-refractivity contribution in [2.45, 2.75) is 6.54 Å². The average molecular weight is 329 g/mol. The first-order valence-corrected chi connectivity index (χ1v) is 8.37. The van der Waals surface area contributed by atoms with Crippen LogP contribution < -0.4 is 10.0 Å². The van der Waals surface area contributed by atoms with Crippen LogP contribution in [0.3, 0.4) is 0 Å². The Morgan fingerprint density at radius 3 is 2.38 bits per heavy atom. The highest BCUT2D eigenvalue weighted by molar-refractivity contribution is 7.92. The third-order valence-electron chi connectivity index (χ3n) is 2.74.